The molecule has 0 saturated carbocycles. The number of carboxylic acids is 1. The minimum atomic E-state index is -1.20. The summed E-state index contributed by atoms with van der Waals surface area (Å²) < 4.78 is 0. The zero-order chi connectivity index (χ0) is 16.7. The summed E-state index contributed by atoms with van der Waals surface area (Å²) in [4.78, 5) is 38.0. The van der Waals surface area contributed by atoms with Gasteiger partial charge in [-0.15, -0.1) is 22.0 Å². The number of nitrogens with two attached hydrogens (primary N) is 1. The number of aromatic amines is 1. The van der Waals surface area contributed by atoms with Crippen LogP contribution in [0, 0.1) is 0 Å². The lowest BCUT2D eigenvalue weighted by atomic mass is 10.0. The van der Waals surface area contributed by atoms with Crippen molar-refractivity contribution in [2.75, 3.05) is 11.5 Å². The molecule has 1 aromatic rings. The Bertz CT molecular complexity index is 778. The van der Waals surface area contributed by atoms with Crippen LogP contribution in [-0.2, 0) is 9.59 Å². The number of hydrogen-bond acceptors (Lipinski definition) is 9. The maximum absolute atomic E-state index is 11.8. The predicted octanol–water partition coefficient (Wildman–Crippen LogP) is -1.46. The number of H-pyrrole nitrogens is 1. The van der Waals surface area contributed by atoms with Gasteiger partial charge < -0.3 is 15.9 Å². The highest BCUT2D eigenvalue weighted by molar-refractivity contribution is 8.01. The normalized spacial score (nSPS) is 23.5. The van der Waals surface area contributed by atoms with Crippen molar-refractivity contribution in [1.29, 1.82) is 0 Å². The number of hydrogen-bond donors (Lipinski definition) is 4. The molecule has 1 aromatic heterocycles. The summed E-state index contributed by atoms with van der Waals surface area (Å²) in [6.07, 6.45) is 0. The van der Waals surface area contributed by atoms with Crippen molar-refractivity contribution in [1.82, 2.24) is 20.1 Å². The highest BCUT2D eigenvalue weighted by atomic mass is 32.2. The van der Waals surface area contributed by atoms with Crippen LogP contribution < -0.4 is 11.3 Å². The number of fused-ring (bicyclic) bond motifs is 1. The molecular weight excluding hydrogens is 346 g/mol. The van der Waals surface area contributed by atoms with E-state index in [2.05, 4.69) is 15.2 Å². The minimum Gasteiger partial charge on any atom is -0.488 e. The van der Waals surface area contributed by atoms with E-state index in [1.54, 1.807) is 0 Å². The number of carboxylic acid groups (broad SMARTS) is 1. The first kappa shape index (κ1) is 15.8. The largest absolute Gasteiger partial charge is 0.488 e. The fourth-order valence-corrected chi connectivity index (χ4v) is 4.46. The van der Waals surface area contributed by atoms with E-state index in [1.807, 2.05) is 0 Å². The van der Waals surface area contributed by atoms with Crippen molar-refractivity contribution >= 4 is 35.4 Å². The first-order chi connectivity index (χ1) is 10.9. The zero-order valence-electron chi connectivity index (χ0n) is 11.4. The van der Waals surface area contributed by atoms with Gasteiger partial charge in [-0.25, -0.2) is 4.79 Å². The topological polar surface area (TPSA) is 162 Å². The highest BCUT2D eigenvalue weighted by Crippen LogP contribution is 2.40. The molecular formula is C11H11N5O5S2. The first-order valence-corrected chi connectivity index (χ1v) is 8.38. The molecule has 23 heavy (non-hydrogen) atoms. The van der Waals surface area contributed by atoms with Crippen LogP contribution in [0.4, 0.5) is 0 Å². The Morgan fingerprint density at radius 2 is 2.22 bits per heavy atom. The highest BCUT2D eigenvalue weighted by Gasteiger charge is 2.51. The molecule has 122 valence electrons. The van der Waals surface area contributed by atoms with E-state index in [4.69, 9.17) is 10.8 Å². The van der Waals surface area contributed by atoms with Crippen LogP contribution in [-0.4, -0.2) is 65.1 Å². The number of amides is 1. The van der Waals surface area contributed by atoms with Gasteiger partial charge in [-0.1, -0.05) is 11.8 Å². The van der Waals surface area contributed by atoms with Crippen LogP contribution >= 0.6 is 23.5 Å². The van der Waals surface area contributed by atoms with Crippen LogP contribution in [0.25, 0.3) is 0 Å². The molecule has 12 heteroatoms. The van der Waals surface area contributed by atoms with Crippen LogP contribution in [0.5, 0.6) is 5.88 Å². The number of thioether (sulfide) groups is 2. The molecule has 0 aliphatic carbocycles. The molecule has 0 aromatic carbocycles. The van der Waals surface area contributed by atoms with E-state index in [0.29, 0.717) is 11.3 Å². The number of aromatic hydroxyl groups is 1. The van der Waals surface area contributed by atoms with Gasteiger partial charge in [0.15, 0.2) is 5.16 Å². The summed E-state index contributed by atoms with van der Waals surface area (Å²) in [5.74, 6) is -1.74. The first-order valence-electron chi connectivity index (χ1n) is 6.34. The average Bonchev–Trinajstić information content (AvgIpc) is 2.54. The lowest BCUT2D eigenvalue weighted by Gasteiger charge is -2.48. The Morgan fingerprint density at radius 1 is 1.48 bits per heavy atom. The number of carbonyl (C=O) groups excluding carboxylic acids is 1. The molecule has 0 spiro atoms. The van der Waals surface area contributed by atoms with E-state index >= 15 is 0 Å². The number of aromatic nitrogens is 3. The standard InChI is InChI=1S/C11H11N5O5S2/c12-4-8(19)16-5(10(20)21)3(1-22-9(4)16)2-23-11-13-6(17)7(18)14-15-11/h4,9H,1-2,12H2,(H,14,18)(H,20,21)(H,13,15,17)/t4?,9-/m0/s1. The van der Waals surface area contributed by atoms with Crippen molar-refractivity contribution in [2.45, 2.75) is 16.6 Å². The molecule has 1 saturated heterocycles. The Balaban J connectivity index is 1.82. The molecule has 1 amide bonds. The van der Waals surface area contributed by atoms with E-state index in [0.717, 1.165) is 11.8 Å². The summed E-state index contributed by atoms with van der Waals surface area (Å²) in [5.41, 5.74) is 5.35. The third-order valence-corrected chi connectivity index (χ3v) is 5.64. The molecule has 2 aliphatic heterocycles. The second-order valence-corrected chi connectivity index (χ2v) is 6.83. The number of aliphatic carboxylic acids is 1. The van der Waals surface area contributed by atoms with E-state index in [9.17, 15) is 19.5 Å². The van der Waals surface area contributed by atoms with Crippen LogP contribution in [0.15, 0.2) is 21.2 Å². The second kappa shape index (κ2) is 5.86. The number of β-lactam (4-membered cyclic amide) rings is 1. The summed E-state index contributed by atoms with van der Waals surface area (Å²) in [6.45, 7) is 0. The lowest BCUT2D eigenvalue weighted by Crippen LogP contribution is -2.68. The van der Waals surface area contributed by atoms with Crippen molar-refractivity contribution in [2.24, 2.45) is 5.73 Å². The van der Waals surface area contributed by atoms with E-state index in [1.165, 1.54) is 16.7 Å². The second-order valence-electron chi connectivity index (χ2n) is 4.76. The van der Waals surface area contributed by atoms with Crippen LogP contribution in [0.2, 0.25) is 0 Å². The molecule has 2 atom stereocenters. The molecule has 5 N–H and O–H groups in total. The monoisotopic (exact) mass is 357 g/mol. The van der Waals surface area contributed by atoms with Gasteiger partial charge in [-0.3, -0.25) is 19.5 Å². The third kappa shape index (κ3) is 2.68. The van der Waals surface area contributed by atoms with Crippen LogP contribution in [0.3, 0.4) is 0 Å². The molecule has 3 rings (SSSR count). The Labute approximate surface area is 137 Å². The summed E-state index contributed by atoms with van der Waals surface area (Å²) >= 11 is 2.45. The number of carbonyl (C=O) groups is 2. The van der Waals surface area contributed by atoms with Gasteiger partial charge in [0.2, 0.25) is 5.91 Å². The predicted molar refractivity (Wildman–Crippen MR) is 80.8 cm³/mol. The number of nitrogens with one attached hydrogen (secondary N) is 1. The fraction of sp³-hybridized carbons (Fsp3) is 0.364. The average molecular weight is 357 g/mol. The minimum absolute atomic E-state index is 0.0676. The van der Waals surface area contributed by atoms with Gasteiger partial charge in [-0.05, 0) is 5.57 Å². The lowest BCUT2D eigenvalue weighted by molar-refractivity contribution is -0.147. The smallest absolute Gasteiger partial charge is 0.352 e. The van der Waals surface area contributed by atoms with Gasteiger partial charge in [-0.2, -0.15) is 0 Å². The summed E-state index contributed by atoms with van der Waals surface area (Å²) in [7, 11) is 0. The van der Waals surface area contributed by atoms with Crippen molar-refractivity contribution in [3.63, 3.8) is 0 Å². The van der Waals surface area contributed by atoms with E-state index in [-0.39, 0.29) is 22.0 Å². The molecule has 1 unspecified atom stereocenters. The van der Waals surface area contributed by atoms with Crippen LogP contribution in [0.1, 0.15) is 0 Å². The Morgan fingerprint density at radius 3 is 2.87 bits per heavy atom. The Hall–Kier alpha value is -2.05. The Kier molecular flexibility index (Phi) is 4.04. The van der Waals surface area contributed by atoms with Gasteiger partial charge in [0.25, 0.3) is 5.88 Å². The zero-order valence-corrected chi connectivity index (χ0v) is 13.1. The van der Waals surface area contributed by atoms with Crippen molar-refractivity contribution in [3.8, 4) is 5.88 Å². The van der Waals surface area contributed by atoms with E-state index < -0.39 is 29.4 Å². The molecule has 0 bridgehead atoms. The molecule has 3 heterocycles. The summed E-state index contributed by atoms with van der Waals surface area (Å²) in [6, 6.07) is -0.678. The van der Waals surface area contributed by atoms with Crippen molar-refractivity contribution in [3.05, 3.63) is 21.6 Å². The number of nitrogens with zero attached hydrogens (tertiary/aromatic N) is 3. The summed E-state index contributed by atoms with van der Waals surface area (Å²) in [5, 5.41) is 25.1. The van der Waals surface area contributed by atoms with Gasteiger partial charge >= 0.3 is 11.5 Å². The fourth-order valence-electron chi connectivity index (χ4n) is 2.23. The van der Waals surface area contributed by atoms with Gasteiger partial charge in [0.05, 0.1) is 0 Å². The molecule has 1 fully saturated rings. The van der Waals surface area contributed by atoms with Crippen molar-refractivity contribution < 1.29 is 19.8 Å². The SMILES string of the molecule is NC1C(=O)N2C(C(=O)O)=C(CSc3nnc(O)c(=O)[nH]3)CS[C@@H]12. The quantitative estimate of drug-likeness (QED) is 0.370. The van der Waals surface area contributed by atoms with Gasteiger partial charge in [0, 0.05) is 11.5 Å². The molecule has 2 aliphatic rings. The molecule has 10 nitrogen and oxygen atoms in total. The van der Waals surface area contributed by atoms with Gasteiger partial charge in [0.1, 0.15) is 17.1 Å². The maximum atomic E-state index is 11.8. The molecule has 0 radical (unpaired) electrons. The maximum Gasteiger partial charge on any atom is 0.352 e. The number of rotatable bonds is 4. The third-order valence-electron chi connectivity index (χ3n) is 3.33.